The highest BCUT2D eigenvalue weighted by Crippen LogP contribution is 2.33. The summed E-state index contributed by atoms with van der Waals surface area (Å²) in [4.78, 5) is 21.4. The molecule has 2 aromatic heterocycles. The molecule has 0 spiro atoms. The first kappa shape index (κ1) is 26.6. The van der Waals surface area contributed by atoms with Crippen molar-refractivity contribution in [1.82, 2.24) is 14.7 Å². The molecular weight excluding hydrogens is 511 g/mol. The number of pyridine rings is 2. The van der Waals surface area contributed by atoms with Crippen molar-refractivity contribution in [2.75, 3.05) is 12.8 Å². The molecule has 4 aromatic rings. The summed E-state index contributed by atoms with van der Waals surface area (Å²) >= 11 is 0. The van der Waals surface area contributed by atoms with Gasteiger partial charge in [-0.2, -0.15) is 8.42 Å². The van der Waals surface area contributed by atoms with Crippen LogP contribution < -0.4 is 19.9 Å². The summed E-state index contributed by atoms with van der Waals surface area (Å²) in [6.07, 6.45) is 0. The predicted octanol–water partition coefficient (Wildman–Crippen LogP) is 5.45. The fourth-order valence-corrected chi connectivity index (χ4v) is 4.86. The summed E-state index contributed by atoms with van der Waals surface area (Å²) in [5.74, 6) is -1.01. The van der Waals surface area contributed by atoms with Gasteiger partial charge in [0.25, 0.3) is 15.9 Å². The van der Waals surface area contributed by atoms with Crippen molar-refractivity contribution in [2.45, 2.75) is 25.8 Å². The third kappa shape index (κ3) is 5.73. The van der Waals surface area contributed by atoms with Crippen molar-refractivity contribution in [3.8, 4) is 28.6 Å². The second-order valence-electron chi connectivity index (χ2n) is 8.59. The molecule has 0 atom stereocenters. The van der Waals surface area contributed by atoms with E-state index in [1.807, 2.05) is 37.6 Å². The number of ether oxygens (including phenoxy) is 2. The van der Waals surface area contributed by atoms with Gasteiger partial charge < -0.3 is 15.2 Å². The van der Waals surface area contributed by atoms with E-state index in [0.717, 1.165) is 16.7 Å². The van der Waals surface area contributed by atoms with Crippen LogP contribution >= 0.6 is 0 Å². The number of rotatable bonds is 7. The number of nitrogens with one attached hydrogen (secondary N) is 1. The fourth-order valence-electron chi connectivity index (χ4n) is 3.91. The Morgan fingerprint density at radius 1 is 1.00 bits per heavy atom. The summed E-state index contributed by atoms with van der Waals surface area (Å²) < 4.78 is 53.1. The number of hydrogen-bond acceptors (Lipinski definition) is 8. The van der Waals surface area contributed by atoms with Gasteiger partial charge in [-0.05, 0) is 68.3 Å². The number of nitrogen functional groups attached to an aromatic ring is 1. The summed E-state index contributed by atoms with van der Waals surface area (Å²) in [5.41, 5.74) is 8.65. The lowest BCUT2D eigenvalue weighted by molar-refractivity contribution is 0.0978. The number of aryl methyl sites for hydroxylation is 3. The van der Waals surface area contributed by atoms with E-state index in [0.29, 0.717) is 11.3 Å². The van der Waals surface area contributed by atoms with Crippen LogP contribution in [0.5, 0.6) is 17.4 Å². The van der Waals surface area contributed by atoms with Crippen LogP contribution in [0, 0.1) is 26.6 Å². The summed E-state index contributed by atoms with van der Waals surface area (Å²) in [6.45, 7) is 5.62. The van der Waals surface area contributed by atoms with E-state index in [9.17, 15) is 17.6 Å². The number of aromatic nitrogens is 2. The number of anilines is 1. The lowest BCUT2D eigenvalue weighted by Gasteiger charge is -2.16. The topological polar surface area (TPSA) is 134 Å². The largest absolute Gasteiger partial charge is 0.497 e. The first-order valence-corrected chi connectivity index (χ1v) is 12.9. The number of sulfonamides is 1. The van der Waals surface area contributed by atoms with Crippen molar-refractivity contribution in [3.05, 3.63) is 88.7 Å². The number of carbonyl (C=O) groups is 1. The average molecular weight is 543 g/mol. The molecule has 4 rings (SSSR count). The standard InChI is InChI=1S/C27H25FN4O5S.3H2/c1-15-10-16(2)25(17(3)11-15)37-27-21(26(33)32-38(34,35)24-7-5-6-23(29)31-24)8-9-22(30-27)18-12-19(28)14-20(13-18)36-4;;;/h5-14H,1-4H3,(H2,29,31)(H,32,33);3*1H. The Morgan fingerprint density at radius 3 is 2.37 bits per heavy atom. The van der Waals surface area contributed by atoms with Crippen LogP contribution in [-0.2, 0) is 10.0 Å². The van der Waals surface area contributed by atoms with E-state index in [1.165, 1.54) is 49.6 Å². The molecule has 0 saturated heterocycles. The van der Waals surface area contributed by atoms with E-state index in [2.05, 4.69) is 9.97 Å². The SMILES string of the molecule is COc1cc(F)cc(-c2ccc(C(=O)NS(=O)(=O)c3cccc(N)n3)c(Oc3c(C)cc(C)cc3C)n2)c1.[HH].[HH].[HH]. The summed E-state index contributed by atoms with van der Waals surface area (Å²) in [7, 11) is -2.95. The molecule has 3 N–H and O–H groups in total. The zero-order valence-electron chi connectivity index (χ0n) is 21.1. The smallest absolute Gasteiger partial charge is 0.281 e. The molecule has 11 heteroatoms. The van der Waals surface area contributed by atoms with Crippen LogP contribution in [-0.4, -0.2) is 31.4 Å². The zero-order valence-corrected chi connectivity index (χ0v) is 21.9. The lowest BCUT2D eigenvalue weighted by atomic mass is 10.1. The van der Waals surface area contributed by atoms with Gasteiger partial charge in [0.2, 0.25) is 5.88 Å². The van der Waals surface area contributed by atoms with E-state index in [4.69, 9.17) is 15.2 Å². The molecule has 0 radical (unpaired) electrons. The minimum Gasteiger partial charge on any atom is -0.497 e. The Hall–Kier alpha value is -4.51. The number of halogens is 1. The Balaban J connectivity index is 0.00000280. The maximum atomic E-state index is 14.2. The number of methoxy groups -OCH3 is 1. The first-order chi connectivity index (χ1) is 18.0. The van der Waals surface area contributed by atoms with Gasteiger partial charge in [0.1, 0.15) is 28.7 Å². The third-order valence-electron chi connectivity index (χ3n) is 5.56. The Morgan fingerprint density at radius 2 is 1.71 bits per heavy atom. The zero-order chi connectivity index (χ0) is 27.6. The maximum Gasteiger partial charge on any atom is 0.281 e. The molecule has 2 heterocycles. The Kier molecular flexibility index (Phi) is 7.31. The van der Waals surface area contributed by atoms with Gasteiger partial charge in [-0.15, -0.1) is 0 Å². The van der Waals surface area contributed by atoms with Gasteiger partial charge in [0, 0.05) is 15.9 Å². The molecule has 0 aliphatic rings. The molecule has 0 fully saturated rings. The van der Waals surface area contributed by atoms with Crippen molar-refractivity contribution in [3.63, 3.8) is 0 Å². The van der Waals surface area contributed by atoms with Crippen molar-refractivity contribution < 1.29 is 31.4 Å². The van der Waals surface area contributed by atoms with Crippen LogP contribution in [0.3, 0.4) is 0 Å². The van der Waals surface area contributed by atoms with Gasteiger partial charge in [0.15, 0.2) is 5.03 Å². The number of hydrogen-bond donors (Lipinski definition) is 2. The highest BCUT2D eigenvalue weighted by Gasteiger charge is 2.25. The third-order valence-corrected chi connectivity index (χ3v) is 6.79. The van der Waals surface area contributed by atoms with Crippen molar-refractivity contribution in [2.24, 2.45) is 0 Å². The monoisotopic (exact) mass is 542 g/mol. The molecule has 0 aliphatic carbocycles. The molecule has 9 nitrogen and oxygen atoms in total. The predicted molar refractivity (Wildman–Crippen MR) is 147 cm³/mol. The van der Waals surface area contributed by atoms with Crippen molar-refractivity contribution in [1.29, 1.82) is 0 Å². The Labute approximate surface area is 224 Å². The summed E-state index contributed by atoms with van der Waals surface area (Å²) in [5, 5.41) is -0.421. The second kappa shape index (κ2) is 10.5. The minimum atomic E-state index is -4.36. The van der Waals surface area contributed by atoms with Crippen LogP contribution in [0.1, 0.15) is 31.3 Å². The van der Waals surface area contributed by atoms with Crippen LogP contribution in [0.2, 0.25) is 0 Å². The van der Waals surface area contributed by atoms with Crippen LogP contribution in [0.15, 0.2) is 65.7 Å². The minimum absolute atomic E-state index is 0. The molecule has 38 heavy (non-hydrogen) atoms. The fraction of sp³-hybridized carbons (Fsp3) is 0.148. The van der Waals surface area contributed by atoms with Crippen molar-refractivity contribution >= 4 is 21.7 Å². The van der Waals surface area contributed by atoms with Gasteiger partial charge in [-0.25, -0.2) is 19.1 Å². The maximum absolute atomic E-state index is 14.2. The van der Waals surface area contributed by atoms with E-state index < -0.39 is 26.8 Å². The molecule has 0 aliphatic heterocycles. The lowest BCUT2D eigenvalue weighted by Crippen LogP contribution is -2.31. The molecule has 0 unspecified atom stereocenters. The van der Waals surface area contributed by atoms with E-state index >= 15 is 0 Å². The van der Waals surface area contributed by atoms with Gasteiger partial charge in [-0.3, -0.25) is 4.79 Å². The molecule has 0 saturated carbocycles. The Bertz CT molecular complexity index is 1650. The van der Waals surface area contributed by atoms with E-state index in [-0.39, 0.29) is 33.0 Å². The number of benzene rings is 2. The van der Waals surface area contributed by atoms with Gasteiger partial charge in [0.05, 0.1) is 12.8 Å². The highest BCUT2D eigenvalue weighted by atomic mass is 32.2. The summed E-state index contributed by atoms with van der Waals surface area (Å²) in [6, 6.07) is 14.7. The molecular formula is C27H31FN4O5S. The number of nitrogens with two attached hydrogens (primary N) is 1. The normalized spacial score (nSPS) is 11.2. The van der Waals surface area contributed by atoms with E-state index in [1.54, 1.807) is 6.07 Å². The average Bonchev–Trinajstić information content (AvgIpc) is 2.85. The van der Waals surface area contributed by atoms with Crippen LogP contribution in [0.4, 0.5) is 10.2 Å². The highest BCUT2D eigenvalue weighted by molar-refractivity contribution is 7.90. The molecule has 2 aromatic carbocycles. The van der Waals surface area contributed by atoms with Crippen LogP contribution in [0.25, 0.3) is 11.3 Å². The number of nitrogens with zero attached hydrogens (tertiary/aromatic N) is 2. The molecule has 0 bridgehead atoms. The first-order valence-electron chi connectivity index (χ1n) is 11.4. The second-order valence-corrected chi connectivity index (χ2v) is 10.2. The molecule has 1 amide bonds. The van der Waals surface area contributed by atoms with Gasteiger partial charge in [-0.1, -0.05) is 23.8 Å². The van der Waals surface area contributed by atoms with Gasteiger partial charge >= 0.3 is 0 Å². The number of amides is 1. The molecule has 202 valence electrons. The quantitative estimate of drug-likeness (QED) is 0.315. The number of carbonyl (C=O) groups excluding carboxylic acids is 1.